The van der Waals surface area contributed by atoms with Gasteiger partial charge in [-0.15, -0.1) is 0 Å². The van der Waals surface area contributed by atoms with Crippen molar-refractivity contribution in [2.24, 2.45) is 32.9 Å². The number of hydrogen-bond acceptors (Lipinski definition) is 7. The summed E-state index contributed by atoms with van der Waals surface area (Å²) in [6, 6.07) is 19.8. The van der Waals surface area contributed by atoms with E-state index >= 15 is 0 Å². The van der Waals surface area contributed by atoms with Gasteiger partial charge in [0.25, 0.3) is 0 Å². The lowest BCUT2D eigenvalue weighted by atomic mass is 10.1. The van der Waals surface area contributed by atoms with Crippen molar-refractivity contribution in [3.05, 3.63) is 71.8 Å². The number of benzene rings is 2. The van der Waals surface area contributed by atoms with Gasteiger partial charge in [-0.25, -0.2) is 0 Å². The number of hydrogen-bond donors (Lipinski definition) is 4. The van der Waals surface area contributed by atoms with Crippen molar-refractivity contribution in [1.82, 2.24) is 9.80 Å². The second-order valence-corrected chi connectivity index (χ2v) is 9.40. The Morgan fingerprint density at radius 1 is 0.684 bits per heavy atom. The largest absolute Gasteiger partial charge is 0.456 e. The molecule has 8 N–H and O–H groups in total. The molecule has 0 aliphatic rings. The molecule has 204 valence electrons. The molecule has 0 atom stereocenters. The maximum absolute atomic E-state index is 6.28. The molecule has 0 saturated carbocycles. The molecular weight excluding hydrogens is 476 g/mol. The topological polar surface area (TPSA) is 148 Å². The summed E-state index contributed by atoms with van der Waals surface area (Å²) < 4.78 is 6.22. The van der Waals surface area contributed by atoms with Crippen molar-refractivity contribution in [2.45, 2.75) is 6.42 Å². The lowest BCUT2D eigenvalue weighted by Crippen LogP contribution is -2.28. The van der Waals surface area contributed by atoms with Crippen LogP contribution < -0.4 is 22.9 Å². The van der Waals surface area contributed by atoms with Gasteiger partial charge in [0, 0.05) is 61.5 Å². The Bertz CT molecular complexity index is 1200. The second-order valence-electron chi connectivity index (χ2n) is 9.40. The Morgan fingerprint density at radius 3 is 1.71 bits per heavy atom. The van der Waals surface area contributed by atoms with Crippen LogP contribution in [0.5, 0.6) is 0 Å². The fraction of sp³-hybridized carbons (Fsp3) is 0.379. The number of aliphatic imine (C=N–C) groups is 2. The molecule has 0 fully saturated rings. The minimum atomic E-state index is 0.508. The average Bonchev–Trinajstić information content (AvgIpc) is 3.42. The molecule has 0 spiro atoms. The molecule has 3 rings (SSSR count). The smallest absolute Gasteiger partial charge is 0.134 e. The first kappa shape index (κ1) is 29.1. The van der Waals surface area contributed by atoms with E-state index in [1.54, 1.807) is 0 Å². The minimum absolute atomic E-state index is 0.508. The third-order valence-electron chi connectivity index (χ3n) is 6.26. The van der Waals surface area contributed by atoms with E-state index in [4.69, 9.17) is 27.4 Å². The second kappa shape index (κ2) is 15.0. The molecule has 0 saturated heterocycles. The average molecular weight is 519 g/mol. The summed E-state index contributed by atoms with van der Waals surface area (Å²) in [4.78, 5) is 13.4. The van der Waals surface area contributed by atoms with Crippen LogP contribution in [-0.2, 0) is 0 Å². The summed E-state index contributed by atoms with van der Waals surface area (Å²) in [5, 5.41) is 0. The van der Waals surface area contributed by atoms with Crippen molar-refractivity contribution in [3.8, 4) is 22.6 Å². The fourth-order valence-corrected chi connectivity index (χ4v) is 4.04. The summed E-state index contributed by atoms with van der Waals surface area (Å²) in [6.07, 6.45) is 0.929. The summed E-state index contributed by atoms with van der Waals surface area (Å²) in [7, 11) is 4.08. The van der Waals surface area contributed by atoms with Gasteiger partial charge in [0.2, 0.25) is 0 Å². The molecule has 2 aromatic carbocycles. The lowest BCUT2D eigenvalue weighted by molar-refractivity contribution is 0.340. The Kier molecular flexibility index (Phi) is 11.5. The monoisotopic (exact) mass is 518 g/mol. The molecule has 1 heterocycles. The predicted octanol–water partition coefficient (Wildman–Crippen LogP) is 2.20. The quantitative estimate of drug-likeness (QED) is 0.137. The van der Waals surface area contributed by atoms with Crippen LogP contribution in [-0.4, -0.2) is 87.9 Å². The highest BCUT2D eigenvalue weighted by Crippen LogP contribution is 2.29. The van der Waals surface area contributed by atoms with Crippen molar-refractivity contribution >= 4 is 11.7 Å². The molecule has 0 radical (unpaired) electrons. The molecule has 0 aliphatic carbocycles. The van der Waals surface area contributed by atoms with Gasteiger partial charge >= 0.3 is 0 Å². The molecule has 0 amide bonds. The Balaban J connectivity index is 1.67. The minimum Gasteiger partial charge on any atom is -0.456 e. The maximum atomic E-state index is 6.28. The maximum Gasteiger partial charge on any atom is 0.134 e. The van der Waals surface area contributed by atoms with Crippen LogP contribution in [0.4, 0.5) is 0 Å². The van der Waals surface area contributed by atoms with Crippen LogP contribution >= 0.6 is 0 Å². The number of furan rings is 1. The van der Waals surface area contributed by atoms with Crippen molar-refractivity contribution in [1.29, 1.82) is 0 Å². The number of nitrogens with two attached hydrogens (primary N) is 4. The van der Waals surface area contributed by atoms with Crippen molar-refractivity contribution in [2.75, 3.05) is 66.5 Å². The normalized spacial score (nSPS) is 12.6. The highest BCUT2D eigenvalue weighted by Gasteiger charge is 2.10. The molecule has 38 heavy (non-hydrogen) atoms. The van der Waals surface area contributed by atoms with Gasteiger partial charge in [0.05, 0.1) is 6.54 Å². The molecule has 0 unspecified atom stereocenters. The van der Waals surface area contributed by atoms with Gasteiger partial charge in [-0.2, -0.15) is 0 Å². The van der Waals surface area contributed by atoms with Crippen LogP contribution in [0.1, 0.15) is 17.5 Å². The van der Waals surface area contributed by atoms with Gasteiger partial charge in [-0.05, 0) is 51.3 Å². The molecular formula is C29H42N8O. The van der Waals surface area contributed by atoms with Gasteiger partial charge < -0.3 is 37.2 Å². The summed E-state index contributed by atoms with van der Waals surface area (Å²) in [6.45, 7) is 6.03. The standard InChI is InChI=1S/C29H42N8O/c1-36(17-12-30)16-5-14-34-28(32)24-8-3-6-22(20-24)26-10-11-27(38-26)23-7-4-9-25(21-23)29(33)35-15-19-37(2)18-13-31/h3-4,6-11,20-21H,5,12-19,30-31H2,1-2H3,(H2,32,34)(H2,33,35). The molecule has 0 aliphatic heterocycles. The van der Waals surface area contributed by atoms with Crippen molar-refractivity contribution in [3.63, 3.8) is 0 Å². The first-order valence-electron chi connectivity index (χ1n) is 13.1. The van der Waals surface area contributed by atoms with Gasteiger partial charge in [-0.3, -0.25) is 9.98 Å². The summed E-state index contributed by atoms with van der Waals surface area (Å²) in [5.74, 6) is 2.55. The lowest BCUT2D eigenvalue weighted by Gasteiger charge is -2.14. The molecule has 9 heteroatoms. The van der Waals surface area contributed by atoms with E-state index in [1.165, 1.54) is 0 Å². The molecule has 1 aromatic heterocycles. The van der Waals surface area contributed by atoms with Crippen LogP contribution in [0.25, 0.3) is 22.6 Å². The Labute approximate surface area is 226 Å². The Morgan fingerprint density at radius 2 is 1.18 bits per heavy atom. The van der Waals surface area contributed by atoms with Gasteiger partial charge in [0.1, 0.15) is 23.2 Å². The van der Waals surface area contributed by atoms with E-state index in [9.17, 15) is 0 Å². The first-order chi connectivity index (χ1) is 18.4. The van der Waals surface area contributed by atoms with Gasteiger partial charge in [-0.1, -0.05) is 36.4 Å². The van der Waals surface area contributed by atoms with Gasteiger partial charge in [0.15, 0.2) is 0 Å². The number of likely N-dealkylation sites (N-methyl/N-ethyl adjacent to an activating group) is 2. The van der Waals surface area contributed by atoms with Crippen LogP contribution in [0, 0.1) is 0 Å². The Hall–Kier alpha value is -3.50. The number of nitrogens with zero attached hydrogens (tertiary/aromatic N) is 4. The van der Waals surface area contributed by atoms with E-state index in [1.807, 2.05) is 67.7 Å². The van der Waals surface area contributed by atoms with Crippen LogP contribution in [0.2, 0.25) is 0 Å². The highest BCUT2D eigenvalue weighted by molar-refractivity contribution is 5.99. The number of rotatable bonds is 15. The summed E-state index contributed by atoms with van der Waals surface area (Å²) >= 11 is 0. The molecule has 0 bridgehead atoms. The van der Waals surface area contributed by atoms with E-state index in [0.29, 0.717) is 37.9 Å². The van der Waals surface area contributed by atoms with Crippen molar-refractivity contribution < 1.29 is 4.42 Å². The van der Waals surface area contributed by atoms with E-state index < -0.39 is 0 Å². The van der Waals surface area contributed by atoms with E-state index in [0.717, 1.165) is 66.4 Å². The van der Waals surface area contributed by atoms with E-state index in [-0.39, 0.29) is 0 Å². The predicted molar refractivity (Wildman–Crippen MR) is 158 cm³/mol. The fourth-order valence-electron chi connectivity index (χ4n) is 4.04. The molecule has 3 aromatic rings. The zero-order valence-electron chi connectivity index (χ0n) is 22.6. The number of amidine groups is 2. The molecule has 9 nitrogen and oxygen atoms in total. The first-order valence-corrected chi connectivity index (χ1v) is 13.1. The van der Waals surface area contributed by atoms with Crippen LogP contribution in [0.15, 0.2) is 75.1 Å². The zero-order valence-corrected chi connectivity index (χ0v) is 22.6. The third-order valence-corrected chi connectivity index (χ3v) is 6.26. The van der Waals surface area contributed by atoms with E-state index in [2.05, 4.69) is 26.8 Å². The third kappa shape index (κ3) is 8.81. The highest BCUT2D eigenvalue weighted by atomic mass is 16.3. The zero-order chi connectivity index (χ0) is 27.3. The summed E-state index contributed by atoms with van der Waals surface area (Å²) in [5.41, 5.74) is 27.3. The SMILES string of the molecule is CN(CCN)CCCN=C(N)c1cccc(-c2ccc(-c3cccc(C(N)=NCCN(C)CCN)c3)o2)c1. The van der Waals surface area contributed by atoms with Crippen LogP contribution in [0.3, 0.4) is 0 Å².